The molecule has 1 saturated heterocycles. The fourth-order valence-corrected chi connectivity index (χ4v) is 4.34. The van der Waals surface area contributed by atoms with E-state index in [1.807, 2.05) is 12.3 Å². The third kappa shape index (κ3) is 3.98. The number of thioether (sulfide) groups is 1. The first-order valence-corrected chi connectivity index (χ1v) is 9.72. The lowest BCUT2D eigenvalue weighted by Crippen LogP contribution is -2.29. The van der Waals surface area contributed by atoms with Crippen LogP contribution in [-0.4, -0.2) is 27.5 Å². The van der Waals surface area contributed by atoms with E-state index < -0.39 is 0 Å². The number of amides is 1. The second-order valence-electron chi connectivity index (χ2n) is 5.12. The summed E-state index contributed by atoms with van der Waals surface area (Å²) in [5, 5.41) is 4.07. The first-order chi connectivity index (χ1) is 12.0. The first-order valence-electron chi connectivity index (χ1n) is 7.26. The highest BCUT2D eigenvalue weighted by atomic mass is 35.5. The smallest absolute Gasteiger partial charge is 0.267 e. The molecule has 0 spiro atoms. The zero-order valence-corrected chi connectivity index (χ0v) is 16.3. The quantitative estimate of drug-likeness (QED) is 0.491. The van der Waals surface area contributed by atoms with Gasteiger partial charge in [-0.2, -0.15) is 4.99 Å². The number of thiazole rings is 1. The third-order valence-corrected chi connectivity index (χ3v) is 5.79. The van der Waals surface area contributed by atoms with Gasteiger partial charge in [-0.25, -0.2) is 4.98 Å². The van der Waals surface area contributed by atoms with Gasteiger partial charge in [0.2, 0.25) is 5.13 Å². The highest BCUT2D eigenvalue weighted by Crippen LogP contribution is 2.37. The maximum Gasteiger partial charge on any atom is 0.267 e. The number of aromatic nitrogens is 1. The second-order valence-corrected chi connectivity index (χ2v) is 7.78. The number of nitrogens with zero attached hydrogens (tertiary/aromatic N) is 3. The summed E-state index contributed by atoms with van der Waals surface area (Å²) < 4.78 is 0. The minimum atomic E-state index is -0.159. The Morgan fingerprint density at radius 3 is 2.68 bits per heavy atom. The third-order valence-electron chi connectivity index (χ3n) is 3.27. The van der Waals surface area contributed by atoms with E-state index in [9.17, 15) is 4.79 Å². The lowest BCUT2D eigenvalue weighted by atomic mass is 10.2. The number of aryl methyl sites for hydroxylation is 1. The van der Waals surface area contributed by atoms with Crippen molar-refractivity contribution in [1.82, 2.24) is 9.88 Å². The minimum Gasteiger partial charge on any atom is -0.282 e. The normalized spacial score (nSPS) is 17.7. The Balaban J connectivity index is 2.00. The molecule has 1 aromatic carbocycles. The van der Waals surface area contributed by atoms with Crippen molar-refractivity contribution in [3.8, 4) is 0 Å². The molecule has 0 unspecified atom stereocenters. The highest BCUT2D eigenvalue weighted by Gasteiger charge is 2.33. The van der Waals surface area contributed by atoms with E-state index in [-0.39, 0.29) is 5.91 Å². The van der Waals surface area contributed by atoms with Crippen LogP contribution in [0.5, 0.6) is 0 Å². The molecule has 0 radical (unpaired) electrons. The lowest BCUT2D eigenvalue weighted by molar-refractivity contribution is -0.121. The highest BCUT2D eigenvalue weighted by molar-refractivity contribution is 8.18. The standard InChI is InChI=1S/C17H13Cl2N3OS2/c1-3-7-22-15(23)14(8-11-12(18)5-4-6-13(11)19)25-17(22)21-16-20-10(2)9-24-16/h3-6,8-9H,1,7H2,2H3/b14-8-,21-17+. The SMILES string of the molecule is C=CCN1C(=O)/C(=C/c2c(Cl)cccc2Cl)S/C1=N/c1nc(C)cs1. The van der Waals surface area contributed by atoms with Crippen molar-refractivity contribution < 1.29 is 4.79 Å². The maximum atomic E-state index is 12.7. The summed E-state index contributed by atoms with van der Waals surface area (Å²) in [5.41, 5.74) is 1.51. The number of rotatable bonds is 4. The molecule has 4 nitrogen and oxygen atoms in total. The molecule has 25 heavy (non-hydrogen) atoms. The van der Waals surface area contributed by atoms with Gasteiger partial charge >= 0.3 is 0 Å². The van der Waals surface area contributed by atoms with Gasteiger partial charge in [-0.05, 0) is 36.9 Å². The van der Waals surface area contributed by atoms with E-state index in [4.69, 9.17) is 23.2 Å². The van der Waals surface area contributed by atoms with Gasteiger partial charge in [-0.1, -0.05) is 35.3 Å². The second kappa shape index (κ2) is 7.74. The number of carbonyl (C=O) groups excluding carboxylic acids is 1. The van der Waals surface area contributed by atoms with Crippen molar-refractivity contribution in [2.75, 3.05) is 6.54 Å². The molecule has 0 N–H and O–H groups in total. The van der Waals surface area contributed by atoms with E-state index in [0.29, 0.717) is 37.4 Å². The van der Waals surface area contributed by atoms with E-state index in [2.05, 4.69) is 16.6 Å². The first kappa shape index (κ1) is 18.2. The zero-order valence-electron chi connectivity index (χ0n) is 13.2. The van der Waals surface area contributed by atoms with Crippen LogP contribution < -0.4 is 0 Å². The Hall–Kier alpha value is -1.60. The molecule has 0 aliphatic carbocycles. The van der Waals surface area contributed by atoms with Crippen LogP contribution in [0.3, 0.4) is 0 Å². The Labute approximate surface area is 163 Å². The van der Waals surface area contributed by atoms with Crippen molar-refractivity contribution in [1.29, 1.82) is 0 Å². The molecular formula is C17H13Cl2N3OS2. The molecule has 2 heterocycles. The van der Waals surface area contributed by atoms with Crippen LogP contribution in [0.1, 0.15) is 11.3 Å². The summed E-state index contributed by atoms with van der Waals surface area (Å²) in [5.74, 6) is -0.159. The number of hydrogen-bond acceptors (Lipinski definition) is 5. The zero-order chi connectivity index (χ0) is 18.0. The Morgan fingerprint density at radius 1 is 1.36 bits per heavy atom. The van der Waals surface area contributed by atoms with Crippen molar-refractivity contribution in [2.45, 2.75) is 6.92 Å². The molecule has 1 aliphatic heterocycles. The molecule has 8 heteroatoms. The van der Waals surface area contributed by atoms with Crippen molar-refractivity contribution in [3.05, 3.63) is 62.4 Å². The van der Waals surface area contributed by atoms with Gasteiger partial charge in [0.1, 0.15) is 0 Å². The molecule has 3 rings (SSSR count). The molecule has 2 aromatic rings. The van der Waals surface area contributed by atoms with Gasteiger partial charge in [0.15, 0.2) is 5.17 Å². The molecule has 128 valence electrons. The van der Waals surface area contributed by atoms with Crippen LogP contribution in [0, 0.1) is 6.92 Å². The van der Waals surface area contributed by atoms with Gasteiger partial charge in [0, 0.05) is 27.5 Å². The van der Waals surface area contributed by atoms with Crippen molar-refractivity contribution in [2.24, 2.45) is 4.99 Å². The van der Waals surface area contributed by atoms with Gasteiger partial charge in [0.05, 0.1) is 10.6 Å². The molecule has 1 aromatic heterocycles. The number of aliphatic imine (C=N–C) groups is 1. The Morgan fingerprint density at radius 2 is 2.08 bits per heavy atom. The number of carbonyl (C=O) groups is 1. The maximum absolute atomic E-state index is 12.7. The van der Waals surface area contributed by atoms with Crippen molar-refractivity contribution in [3.63, 3.8) is 0 Å². The van der Waals surface area contributed by atoms with E-state index in [0.717, 1.165) is 5.69 Å². The summed E-state index contributed by atoms with van der Waals surface area (Å²) >= 11 is 15.1. The molecule has 0 saturated carbocycles. The van der Waals surface area contributed by atoms with Gasteiger partial charge in [-0.15, -0.1) is 17.9 Å². The summed E-state index contributed by atoms with van der Waals surface area (Å²) in [7, 11) is 0. The number of hydrogen-bond donors (Lipinski definition) is 0. The molecule has 1 aliphatic rings. The van der Waals surface area contributed by atoms with Crippen LogP contribution in [0.4, 0.5) is 5.13 Å². The number of amidine groups is 1. The summed E-state index contributed by atoms with van der Waals surface area (Å²) in [6.07, 6.45) is 3.36. The predicted molar refractivity (Wildman–Crippen MR) is 108 cm³/mol. The van der Waals surface area contributed by atoms with E-state index >= 15 is 0 Å². The minimum absolute atomic E-state index is 0.159. The molecule has 0 atom stereocenters. The monoisotopic (exact) mass is 409 g/mol. The van der Waals surface area contributed by atoms with Gasteiger partial charge in [0.25, 0.3) is 5.91 Å². The predicted octanol–water partition coefficient (Wildman–Crippen LogP) is 5.55. The van der Waals surface area contributed by atoms with Crippen LogP contribution in [0.2, 0.25) is 10.0 Å². The van der Waals surface area contributed by atoms with Crippen LogP contribution in [-0.2, 0) is 4.79 Å². The summed E-state index contributed by atoms with van der Waals surface area (Å²) in [4.78, 5) is 23.6. The van der Waals surface area contributed by atoms with Crippen LogP contribution in [0.15, 0.2) is 46.1 Å². The topological polar surface area (TPSA) is 45.6 Å². The molecule has 0 bridgehead atoms. The van der Waals surface area contributed by atoms with Gasteiger partial charge < -0.3 is 0 Å². The molecular weight excluding hydrogens is 397 g/mol. The van der Waals surface area contributed by atoms with Crippen LogP contribution in [0.25, 0.3) is 6.08 Å². The Bertz CT molecular complexity index is 885. The average molecular weight is 410 g/mol. The summed E-state index contributed by atoms with van der Waals surface area (Å²) in [6, 6.07) is 5.23. The van der Waals surface area contributed by atoms with E-state index in [1.54, 1.807) is 35.3 Å². The fourth-order valence-electron chi connectivity index (χ4n) is 2.14. The number of benzene rings is 1. The molecule has 1 fully saturated rings. The van der Waals surface area contributed by atoms with Crippen molar-refractivity contribution >= 4 is 68.6 Å². The fraction of sp³-hybridized carbons (Fsp3) is 0.118. The summed E-state index contributed by atoms with van der Waals surface area (Å²) in [6.45, 7) is 5.97. The van der Waals surface area contributed by atoms with E-state index in [1.165, 1.54) is 23.1 Å². The largest absolute Gasteiger partial charge is 0.282 e. The van der Waals surface area contributed by atoms with Gasteiger partial charge in [-0.3, -0.25) is 9.69 Å². The number of halogens is 2. The lowest BCUT2D eigenvalue weighted by Gasteiger charge is -2.11. The molecule has 1 amide bonds. The van der Waals surface area contributed by atoms with Crippen LogP contribution >= 0.6 is 46.3 Å². The Kier molecular flexibility index (Phi) is 5.64. The average Bonchev–Trinajstić information content (AvgIpc) is 3.10.